The molecule has 0 fully saturated rings. The van der Waals surface area contributed by atoms with Gasteiger partial charge in [0.2, 0.25) is 0 Å². The molecule has 0 radical (unpaired) electrons. The summed E-state index contributed by atoms with van der Waals surface area (Å²) in [5.74, 6) is 0.772. The Bertz CT molecular complexity index is 583. The first-order valence-electron chi connectivity index (χ1n) is 5.04. The maximum Gasteiger partial charge on any atom is 0.250 e. The van der Waals surface area contributed by atoms with Gasteiger partial charge in [0.15, 0.2) is 0 Å². The lowest BCUT2D eigenvalue weighted by Crippen LogP contribution is -2.14. The Balaban J connectivity index is 2.07. The van der Waals surface area contributed by atoms with Crippen molar-refractivity contribution in [2.24, 2.45) is 7.05 Å². The van der Waals surface area contributed by atoms with Crippen LogP contribution in [0.3, 0.4) is 0 Å². The molecule has 0 amide bonds. The minimum atomic E-state index is 0.0236. The topological polar surface area (TPSA) is 34.9 Å². The van der Waals surface area contributed by atoms with Crippen molar-refractivity contribution >= 4 is 27.7 Å². The van der Waals surface area contributed by atoms with Crippen LogP contribution < -0.4 is 5.56 Å². The van der Waals surface area contributed by atoms with Gasteiger partial charge in [0, 0.05) is 46.8 Å². The van der Waals surface area contributed by atoms with Gasteiger partial charge in [0.1, 0.15) is 0 Å². The number of pyridine rings is 2. The summed E-state index contributed by atoms with van der Waals surface area (Å²) in [6, 6.07) is 5.64. The van der Waals surface area contributed by atoms with Crippen LogP contribution in [0.2, 0.25) is 0 Å². The Morgan fingerprint density at radius 2 is 2.24 bits per heavy atom. The standard InChI is InChI=1S/C12H11BrN2OS/c1-15-3-2-9(4-12(15)16)8-17-11-5-10(13)6-14-7-11/h2-7H,8H2,1H3. The largest absolute Gasteiger partial charge is 0.319 e. The molecule has 0 N–H and O–H groups in total. The van der Waals surface area contributed by atoms with Crippen LogP contribution in [0.5, 0.6) is 0 Å². The third kappa shape index (κ3) is 3.44. The maximum absolute atomic E-state index is 11.4. The van der Waals surface area contributed by atoms with E-state index >= 15 is 0 Å². The van der Waals surface area contributed by atoms with Crippen molar-refractivity contribution in [3.8, 4) is 0 Å². The second-order valence-electron chi connectivity index (χ2n) is 3.61. The zero-order valence-corrected chi connectivity index (χ0v) is 11.7. The Hall–Kier alpha value is -1.07. The molecule has 0 aromatic carbocycles. The van der Waals surface area contributed by atoms with E-state index in [0.29, 0.717) is 0 Å². The van der Waals surface area contributed by atoms with Crippen LogP contribution >= 0.6 is 27.7 Å². The first-order chi connectivity index (χ1) is 8.15. The van der Waals surface area contributed by atoms with E-state index in [2.05, 4.69) is 20.9 Å². The molecule has 88 valence electrons. The molecule has 5 heteroatoms. The number of nitrogens with zero attached hydrogens (tertiary/aromatic N) is 2. The second kappa shape index (κ2) is 5.51. The molecule has 0 spiro atoms. The molecule has 0 aliphatic rings. The molecule has 0 aliphatic carbocycles. The molecule has 2 heterocycles. The van der Waals surface area contributed by atoms with E-state index in [1.807, 2.05) is 18.3 Å². The van der Waals surface area contributed by atoms with Gasteiger partial charge in [-0.3, -0.25) is 9.78 Å². The summed E-state index contributed by atoms with van der Waals surface area (Å²) in [6.45, 7) is 0. The summed E-state index contributed by atoms with van der Waals surface area (Å²) < 4.78 is 2.53. The van der Waals surface area contributed by atoms with Gasteiger partial charge < -0.3 is 4.57 Å². The summed E-state index contributed by atoms with van der Waals surface area (Å²) in [6.07, 6.45) is 5.36. The molecular formula is C12H11BrN2OS. The summed E-state index contributed by atoms with van der Waals surface area (Å²) in [5.41, 5.74) is 1.05. The highest BCUT2D eigenvalue weighted by Gasteiger charge is 1.99. The molecule has 0 saturated heterocycles. The molecule has 2 rings (SSSR count). The fourth-order valence-electron chi connectivity index (χ4n) is 1.32. The van der Waals surface area contributed by atoms with Crippen LogP contribution in [0, 0.1) is 0 Å². The average Bonchev–Trinajstić information content (AvgIpc) is 2.31. The van der Waals surface area contributed by atoms with Gasteiger partial charge in [-0.1, -0.05) is 0 Å². The third-order valence-electron chi connectivity index (χ3n) is 2.25. The Kier molecular flexibility index (Phi) is 4.02. The summed E-state index contributed by atoms with van der Waals surface area (Å²) in [4.78, 5) is 16.6. The minimum Gasteiger partial charge on any atom is -0.319 e. The molecule has 3 nitrogen and oxygen atoms in total. The molecule has 0 saturated carbocycles. The highest BCUT2D eigenvalue weighted by molar-refractivity contribution is 9.10. The Morgan fingerprint density at radius 3 is 2.94 bits per heavy atom. The van der Waals surface area contributed by atoms with Gasteiger partial charge in [0.25, 0.3) is 5.56 Å². The lowest BCUT2D eigenvalue weighted by molar-refractivity contribution is 0.855. The summed E-state index contributed by atoms with van der Waals surface area (Å²) in [7, 11) is 1.75. The smallest absolute Gasteiger partial charge is 0.250 e. The van der Waals surface area contributed by atoms with Crippen LogP contribution in [0.15, 0.2) is 51.0 Å². The Labute approximate surface area is 112 Å². The van der Waals surface area contributed by atoms with Crippen LogP contribution in [0.4, 0.5) is 0 Å². The first kappa shape index (κ1) is 12.4. The molecule has 0 bridgehead atoms. The number of hydrogen-bond acceptors (Lipinski definition) is 3. The molecule has 17 heavy (non-hydrogen) atoms. The van der Waals surface area contributed by atoms with Crippen molar-refractivity contribution in [2.75, 3.05) is 0 Å². The highest BCUT2D eigenvalue weighted by atomic mass is 79.9. The predicted molar refractivity (Wildman–Crippen MR) is 73.2 cm³/mol. The van der Waals surface area contributed by atoms with Gasteiger partial charge in [-0.25, -0.2) is 0 Å². The van der Waals surface area contributed by atoms with Crippen molar-refractivity contribution < 1.29 is 0 Å². The fraction of sp³-hybridized carbons (Fsp3) is 0.167. The van der Waals surface area contributed by atoms with Gasteiger partial charge in [0.05, 0.1) is 0 Å². The summed E-state index contributed by atoms with van der Waals surface area (Å²) in [5, 5.41) is 0. The van der Waals surface area contributed by atoms with Crippen LogP contribution in [-0.2, 0) is 12.8 Å². The van der Waals surface area contributed by atoms with Crippen molar-refractivity contribution in [1.82, 2.24) is 9.55 Å². The number of thioether (sulfide) groups is 1. The quantitative estimate of drug-likeness (QED) is 0.818. The summed E-state index contributed by atoms with van der Waals surface area (Å²) >= 11 is 5.04. The zero-order valence-electron chi connectivity index (χ0n) is 9.26. The number of rotatable bonds is 3. The molecule has 0 unspecified atom stereocenters. The molecule has 2 aromatic heterocycles. The van der Waals surface area contributed by atoms with Crippen LogP contribution in [-0.4, -0.2) is 9.55 Å². The SMILES string of the molecule is Cn1ccc(CSc2cncc(Br)c2)cc1=O. The van der Waals surface area contributed by atoms with E-state index < -0.39 is 0 Å². The van der Waals surface area contributed by atoms with Gasteiger partial charge in [-0.2, -0.15) is 0 Å². The minimum absolute atomic E-state index is 0.0236. The van der Waals surface area contributed by atoms with Crippen molar-refractivity contribution in [3.05, 3.63) is 57.2 Å². The van der Waals surface area contributed by atoms with E-state index in [1.165, 1.54) is 0 Å². The number of hydrogen-bond donors (Lipinski definition) is 0. The highest BCUT2D eigenvalue weighted by Crippen LogP contribution is 2.23. The first-order valence-corrected chi connectivity index (χ1v) is 6.82. The molecular weight excluding hydrogens is 300 g/mol. The zero-order chi connectivity index (χ0) is 12.3. The lowest BCUT2D eigenvalue weighted by Gasteiger charge is -2.03. The van der Waals surface area contributed by atoms with E-state index in [9.17, 15) is 4.79 Å². The van der Waals surface area contributed by atoms with Crippen molar-refractivity contribution in [3.63, 3.8) is 0 Å². The Morgan fingerprint density at radius 1 is 1.41 bits per heavy atom. The van der Waals surface area contributed by atoms with Crippen LogP contribution in [0.25, 0.3) is 0 Å². The van der Waals surface area contributed by atoms with E-state index in [-0.39, 0.29) is 5.56 Å². The molecule has 2 aromatic rings. The van der Waals surface area contributed by atoms with Gasteiger partial charge in [-0.15, -0.1) is 11.8 Å². The number of aryl methyl sites for hydroxylation is 1. The third-order valence-corrected chi connectivity index (χ3v) is 3.72. The normalized spacial score (nSPS) is 10.5. The van der Waals surface area contributed by atoms with E-state index in [1.54, 1.807) is 41.8 Å². The average molecular weight is 311 g/mol. The van der Waals surface area contributed by atoms with Crippen molar-refractivity contribution in [2.45, 2.75) is 10.6 Å². The second-order valence-corrected chi connectivity index (χ2v) is 5.58. The lowest BCUT2D eigenvalue weighted by atomic mass is 10.3. The fourth-order valence-corrected chi connectivity index (χ4v) is 2.69. The van der Waals surface area contributed by atoms with E-state index in [4.69, 9.17) is 0 Å². The molecule has 0 aliphatic heterocycles. The monoisotopic (exact) mass is 310 g/mol. The predicted octanol–water partition coefficient (Wildman–Crippen LogP) is 2.84. The van der Waals surface area contributed by atoms with Crippen LogP contribution in [0.1, 0.15) is 5.56 Å². The van der Waals surface area contributed by atoms with Gasteiger partial charge in [-0.05, 0) is 33.6 Å². The van der Waals surface area contributed by atoms with Gasteiger partial charge >= 0.3 is 0 Å². The van der Waals surface area contributed by atoms with E-state index in [0.717, 1.165) is 20.7 Å². The van der Waals surface area contributed by atoms with Crippen molar-refractivity contribution in [1.29, 1.82) is 0 Å². The number of aromatic nitrogens is 2. The number of halogens is 1. The molecule has 0 atom stereocenters. The maximum atomic E-state index is 11.4.